The molecule has 1 aromatic carbocycles. The maximum Gasteiger partial charge on any atom is 0.408 e. The Kier molecular flexibility index (Phi) is 8.75. The Morgan fingerprint density at radius 2 is 1.73 bits per heavy atom. The molecule has 8 heteroatoms. The van der Waals surface area contributed by atoms with Gasteiger partial charge in [-0.1, -0.05) is 38.5 Å². The van der Waals surface area contributed by atoms with Crippen LogP contribution in [-0.2, 0) is 14.3 Å². The standard InChI is InChI=1S/C25H39N3O5/c1-8-16(4)20(27-24(32)33-25(5,6)7)23(31)28(17-13-14-17)21(22(30)26-15(2)3)18-11-9-10-12-19(18)29/h9-12,15-17,20-21,29H,8,13-14H2,1-7H3,(H,26,30)(H,27,32). The van der Waals surface area contributed by atoms with E-state index in [1.807, 2.05) is 27.7 Å². The number of para-hydroxylation sites is 1. The molecule has 1 aliphatic carbocycles. The zero-order valence-electron chi connectivity index (χ0n) is 20.8. The molecule has 8 nitrogen and oxygen atoms in total. The molecule has 2 rings (SSSR count). The lowest BCUT2D eigenvalue weighted by Gasteiger charge is -2.36. The largest absolute Gasteiger partial charge is 0.508 e. The fourth-order valence-electron chi connectivity index (χ4n) is 3.65. The summed E-state index contributed by atoms with van der Waals surface area (Å²) in [5.41, 5.74) is -0.352. The molecule has 1 aliphatic rings. The number of rotatable bonds is 9. The van der Waals surface area contributed by atoms with E-state index in [2.05, 4.69) is 10.6 Å². The summed E-state index contributed by atoms with van der Waals surface area (Å²) in [6.07, 6.45) is 1.47. The summed E-state index contributed by atoms with van der Waals surface area (Å²) in [5, 5.41) is 16.2. The van der Waals surface area contributed by atoms with Crippen LogP contribution >= 0.6 is 0 Å². The van der Waals surface area contributed by atoms with Gasteiger partial charge >= 0.3 is 6.09 Å². The number of phenols is 1. The molecule has 3 N–H and O–H groups in total. The van der Waals surface area contributed by atoms with Crippen molar-refractivity contribution < 1.29 is 24.2 Å². The molecule has 0 heterocycles. The highest BCUT2D eigenvalue weighted by Crippen LogP contribution is 2.38. The number of ether oxygens (including phenoxy) is 1. The predicted molar refractivity (Wildman–Crippen MR) is 127 cm³/mol. The minimum atomic E-state index is -1.01. The minimum Gasteiger partial charge on any atom is -0.508 e. The average Bonchev–Trinajstić information content (AvgIpc) is 3.53. The Bertz CT molecular complexity index is 845. The Labute approximate surface area is 197 Å². The number of hydrogen-bond acceptors (Lipinski definition) is 5. The lowest BCUT2D eigenvalue weighted by molar-refractivity contribution is -0.144. The van der Waals surface area contributed by atoms with Gasteiger partial charge in [0.25, 0.3) is 0 Å². The summed E-state index contributed by atoms with van der Waals surface area (Å²) in [4.78, 5) is 41.4. The van der Waals surface area contributed by atoms with Crippen LogP contribution in [0.3, 0.4) is 0 Å². The first kappa shape index (κ1) is 26.5. The number of nitrogens with zero attached hydrogens (tertiary/aromatic N) is 1. The highest BCUT2D eigenvalue weighted by atomic mass is 16.6. The van der Waals surface area contributed by atoms with Crippen LogP contribution in [0, 0.1) is 5.92 Å². The second-order valence-electron chi connectivity index (χ2n) is 10.1. The van der Waals surface area contributed by atoms with Crippen LogP contribution in [0.25, 0.3) is 0 Å². The van der Waals surface area contributed by atoms with E-state index in [4.69, 9.17) is 4.74 Å². The van der Waals surface area contributed by atoms with Crippen LogP contribution in [0.15, 0.2) is 24.3 Å². The SMILES string of the molecule is CCC(C)C(NC(=O)OC(C)(C)C)C(=O)N(C1CC1)C(C(=O)NC(C)C)c1ccccc1O. The summed E-state index contributed by atoms with van der Waals surface area (Å²) in [7, 11) is 0. The molecule has 3 atom stereocenters. The summed E-state index contributed by atoms with van der Waals surface area (Å²) in [6.45, 7) is 12.8. The van der Waals surface area contributed by atoms with Gasteiger partial charge in [0.05, 0.1) is 0 Å². The summed E-state index contributed by atoms with van der Waals surface area (Å²) < 4.78 is 5.39. The van der Waals surface area contributed by atoms with Crippen LogP contribution in [0.1, 0.15) is 79.3 Å². The number of alkyl carbamates (subject to hydrolysis) is 1. The van der Waals surface area contributed by atoms with Crippen molar-refractivity contribution in [3.05, 3.63) is 29.8 Å². The molecule has 1 saturated carbocycles. The van der Waals surface area contributed by atoms with Gasteiger partial charge in [-0.3, -0.25) is 9.59 Å². The van der Waals surface area contributed by atoms with Crippen molar-refractivity contribution in [2.75, 3.05) is 0 Å². The monoisotopic (exact) mass is 461 g/mol. The van der Waals surface area contributed by atoms with Crippen LogP contribution in [-0.4, -0.2) is 51.6 Å². The van der Waals surface area contributed by atoms with E-state index in [1.54, 1.807) is 43.9 Å². The number of nitrogens with one attached hydrogen (secondary N) is 2. The molecule has 0 aliphatic heterocycles. The average molecular weight is 462 g/mol. The van der Waals surface area contributed by atoms with Gasteiger partial charge in [0.2, 0.25) is 11.8 Å². The molecular formula is C25H39N3O5. The first-order chi connectivity index (χ1) is 15.4. The molecule has 3 unspecified atom stereocenters. The lowest BCUT2D eigenvalue weighted by Crippen LogP contribution is -2.56. The van der Waals surface area contributed by atoms with E-state index < -0.39 is 23.8 Å². The van der Waals surface area contributed by atoms with Gasteiger partial charge in [0.15, 0.2) is 0 Å². The zero-order chi connectivity index (χ0) is 24.9. The minimum absolute atomic E-state index is 0.0555. The Hall–Kier alpha value is -2.77. The molecule has 0 spiro atoms. The molecule has 1 fully saturated rings. The van der Waals surface area contributed by atoms with Crippen molar-refractivity contribution in [1.29, 1.82) is 0 Å². The molecule has 0 radical (unpaired) electrons. The fourth-order valence-corrected chi connectivity index (χ4v) is 3.65. The maximum absolute atomic E-state index is 13.9. The molecular weight excluding hydrogens is 422 g/mol. The van der Waals surface area contributed by atoms with Crippen molar-refractivity contribution in [1.82, 2.24) is 15.5 Å². The number of benzene rings is 1. The van der Waals surface area contributed by atoms with Gasteiger partial charge in [-0.05, 0) is 59.4 Å². The zero-order valence-corrected chi connectivity index (χ0v) is 20.8. The van der Waals surface area contributed by atoms with Gasteiger partial charge in [-0.25, -0.2) is 4.79 Å². The number of amides is 3. The van der Waals surface area contributed by atoms with Crippen molar-refractivity contribution in [2.45, 2.75) is 97.5 Å². The smallest absolute Gasteiger partial charge is 0.408 e. The normalized spacial score (nSPS) is 16.5. The van der Waals surface area contributed by atoms with Crippen LogP contribution in [0.4, 0.5) is 4.79 Å². The van der Waals surface area contributed by atoms with Gasteiger partial charge in [0, 0.05) is 17.6 Å². The van der Waals surface area contributed by atoms with E-state index in [9.17, 15) is 19.5 Å². The van der Waals surface area contributed by atoms with Crippen molar-refractivity contribution in [3.8, 4) is 5.75 Å². The summed E-state index contributed by atoms with van der Waals surface area (Å²) in [6, 6.07) is 4.38. The molecule has 0 saturated heterocycles. The molecule has 184 valence electrons. The van der Waals surface area contributed by atoms with E-state index in [-0.39, 0.29) is 35.6 Å². The van der Waals surface area contributed by atoms with Crippen LogP contribution in [0.2, 0.25) is 0 Å². The summed E-state index contributed by atoms with van der Waals surface area (Å²) >= 11 is 0. The van der Waals surface area contributed by atoms with E-state index >= 15 is 0 Å². The molecule has 33 heavy (non-hydrogen) atoms. The topological polar surface area (TPSA) is 108 Å². The predicted octanol–water partition coefficient (Wildman–Crippen LogP) is 3.89. The van der Waals surface area contributed by atoms with Crippen LogP contribution < -0.4 is 10.6 Å². The van der Waals surface area contributed by atoms with Crippen LogP contribution in [0.5, 0.6) is 5.75 Å². The third-order valence-electron chi connectivity index (χ3n) is 5.53. The Balaban J connectivity index is 2.47. The van der Waals surface area contributed by atoms with Crippen molar-refractivity contribution in [2.24, 2.45) is 5.92 Å². The lowest BCUT2D eigenvalue weighted by atomic mass is 9.95. The summed E-state index contributed by atoms with van der Waals surface area (Å²) in [5.74, 6) is -0.971. The molecule has 3 amide bonds. The van der Waals surface area contributed by atoms with Gasteiger partial charge in [-0.2, -0.15) is 0 Å². The Morgan fingerprint density at radius 1 is 1.12 bits per heavy atom. The second kappa shape index (κ2) is 10.9. The molecule has 0 bridgehead atoms. The maximum atomic E-state index is 13.9. The van der Waals surface area contributed by atoms with Gasteiger partial charge < -0.3 is 25.4 Å². The van der Waals surface area contributed by atoms with E-state index in [0.29, 0.717) is 12.0 Å². The Morgan fingerprint density at radius 3 is 2.21 bits per heavy atom. The molecule has 1 aromatic rings. The number of aromatic hydroxyl groups is 1. The third kappa shape index (κ3) is 7.37. The van der Waals surface area contributed by atoms with Crippen molar-refractivity contribution in [3.63, 3.8) is 0 Å². The highest BCUT2D eigenvalue weighted by Gasteiger charge is 2.45. The number of carbonyl (C=O) groups excluding carboxylic acids is 3. The first-order valence-corrected chi connectivity index (χ1v) is 11.8. The number of hydrogen-bond donors (Lipinski definition) is 3. The van der Waals surface area contributed by atoms with Gasteiger partial charge in [0.1, 0.15) is 23.4 Å². The first-order valence-electron chi connectivity index (χ1n) is 11.8. The fraction of sp³-hybridized carbons (Fsp3) is 0.640. The third-order valence-corrected chi connectivity index (χ3v) is 5.53. The van der Waals surface area contributed by atoms with Gasteiger partial charge in [-0.15, -0.1) is 0 Å². The number of phenolic OH excluding ortho intramolecular Hbond substituents is 1. The molecule has 0 aromatic heterocycles. The number of carbonyl (C=O) groups is 3. The quantitative estimate of drug-likeness (QED) is 0.517. The van der Waals surface area contributed by atoms with E-state index in [1.165, 1.54) is 6.07 Å². The van der Waals surface area contributed by atoms with E-state index in [0.717, 1.165) is 12.8 Å². The second-order valence-corrected chi connectivity index (χ2v) is 10.1. The van der Waals surface area contributed by atoms with Crippen molar-refractivity contribution >= 4 is 17.9 Å². The highest BCUT2D eigenvalue weighted by molar-refractivity contribution is 5.93.